The summed E-state index contributed by atoms with van der Waals surface area (Å²) in [6.07, 6.45) is 3.07. The lowest BCUT2D eigenvalue weighted by Gasteiger charge is -1.84. The van der Waals surface area contributed by atoms with Crippen LogP contribution < -0.4 is 0 Å². The average Bonchev–Trinajstić information content (AvgIpc) is 2.10. The van der Waals surface area contributed by atoms with E-state index in [0.29, 0.717) is 0 Å². The van der Waals surface area contributed by atoms with Crippen LogP contribution in [-0.2, 0) is 0 Å². The molecular formula is C7H8BrN3. The fraction of sp³-hybridized carbons (Fsp3) is 0.286. The summed E-state index contributed by atoms with van der Waals surface area (Å²) in [7, 11) is 0. The molecule has 0 fully saturated rings. The normalized spacial score (nSPS) is 7.45. The summed E-state index contributed by atoms with van der Waals surface area (Å²) in [6, 6.07) is 1.81. The summed E-state index contributed by atoms with van der Waals surface area (Å²) in [5.74, 6) is 0.193. The zero-order valence-electron chi connectivity index (χ0n) is 6.37. The molecule has 0 unspecified atom stereocenters. The molecule has 0 aromatic carbocycles. The molecule has 1 heterocycles. The van der Waals surface area contributed by atoms with Gasteiger partial charge in [-0.25, -0.2) is 9.97 Å². The molecule has 0 saturated carbocycles. The van der Waals surface area contributed by atoms with Gasteiger partial charge in [0, 0.05) is 12.4 Å². The van der Waals surface area contributed by atoms with Crippen molar-refractivity contribution in [3.63, 3.8) is 0 Å². The molecule has 0 atom stereocenters. The number of halogens is 1. The van der Waals surface area contributed by atoms with Gasteiger partial charge in [-0.1, -0.05) is 13.8 Å². The molecule has 0 N–H and O–H groups in total. The van der Waals surface area contributed by atoms with E-state index in [9.17, 15) is 0 Å². The predicted molar refractivity (Wildman–Crippen MR) is 45.8 cm³/mol. The Morgan fingerprint density at radius 2 is 1.82 bits per heavy atom. The highest BCUT2D eigenvalue weighted by Crippen LogP contribution is 2.03. The number of aromatic nitrogens is 2. The molecule has 0 spiro atoms. The van der Waals surface area contributed by atoms with Crippen molar-refractivity contribution in [2.75, 3.05) is 0 Å². The maximum atomic E-state index is 8.24. The topological polar surface area (TPSA) is 49.6 Å². The minimum Gasteiger partial charge on any atom is -0.226 e. The number of nitriles is 1. The van der Waals surface area contributed by atoms with Crippen molar-refractivity contribution >= 4 is 15.9 Å². The molecule has 1 rings (SSSR count). The van der Waals surface area contributed by atoms with E-state index >= 15 is 0 Å². The van der Waals surface area contributed by atoms with E-state index < -0.39 is 0 Å². The number of nitrogens with zero attached hydrogens (tertiary/aromatic N) is 3. The first-order valence-corrected chi connectivity index (χ1v) is 4.00. The van der Waals surface area contributed by atoms with Gasteiger partial charge < -0.3 is 0 Å². The zero-order chi connectivity index (χ0) is 8.69. The molecule has 0 amide bonds. The Morgan fingerprint density at radius 1 is 1.36 bits per heavy atom. The first kappa shape index (κ1) is 10.0. The van der Waals surface area contributed by atoms with E-state index in [1.807, 2.05) is 19.9 Å². The molecule has 0 saturated heterocycles. The minimum absolute atomic E-state index is 0.193. The molecule has 0 aliphatic heterocycles. The highest BCUT2D eigenvalue weighted by atomic mass is 79.9. The Bertz CT molecular complexity index is 237. The lowest BCUT2D eigenvalue weighted by atomic mass is 10.6. The fourth-order valence-corrected chi connectivity index (χ4v) is 0.575. The Balaban J connectivity index is 0.000000461. The van der Waals surface area contributed by atoms with Crippen molar-refractivity contribution in [2.45, 2.75) is 13.8 Å². The lowest BCUT2D eigenvalue weighted by Crippen LogP contribution is -1.84. The molecule has 0 aliphatic rings. The molecule has 1 aromatic heterocycles. The molecule has 4 heteroatoms. The van der Waals surface area contributed by atoms with Crippen molar-refractivity contribution in [3.8, 4) is 6.07 Å². The van der Waals surface area contributed by atoms with Crippen molar-refractivity contribution in [1.29, 1.82) is 5.26 Å². The van der Waals surface area contributed by atoms with E-state index in [-0.39, 0.29) is 5.82 Å². The maximum absolute atomic E-state index is 8.24. The summed E-state index contributed by atoms with van der Waals surface area (Å²) in [4.78, 5) is 7.36. The van der Waals surface area contributed by atoms with Crippen LogP contribution in [0.25, 0.3) is 0 Å². The average molecular weight is 214 g/mol. The summed E-state index contributed by atoms with van der Waals surface area (Å²) >= 11 is 3.14. The molecule has 0 aliphatic carbocycles. The second kappa shape index (κ2) is 5.81. The summed E-state index contributed by atoms with van der Waals surface area (Å²) in [6.45, 7) is 4.00. The summed E-state index contributed by atoms with van der Waals surface area (Å²) < 4.78 is 0.779. The smallest absolute Gasteiger partial charge is 0.226 e. The van der Waals surface area contributed by atoms with Gasteiger partial charge in [-0.15, -0.1) is 0 Å². The highest BCUT2D eigenvalue weighted by molar-refractivity contribution is 9.10. The van der Waals surface area contributed by atoms with Crippen LogP contribution in [-0.4, -0.2) is 9.97 Å². The van der Waals surface area contributed by atoms with Crippen LogP contribution in [0, 0.1) is 11.3 Å². The zero-order valence-corrected chi connectivity index (χ0v) is 7.96. The third-order valence-electron chi connectivity index (χ3n) is 0.720. The second-order valence-electron chi connectivity index (χ2n) is 1.34. The number of hydrogen-bond donors (Lipinski definition) is 0. The van der Waals surface area contributed by atoms with Crippen LogP contribution in [0.2, 0.25) is 0 Å². The Kier molecular flexibility index (Phi) is 5.30. The third-order valence-corrected chi connectivity index (χ3v) is 1.13. The van der Waals surface area contributed by atoms with Gasteiger partial charge in [0.1, 0.15) is 6.07 Å². The molecule has 0 radical (unpaired) electrons. The quantitative estimate of drug-likeness (QED) is 0.664. The van der Waals surface area contributed by atoms with Crippen LogP contribution >= 0.6 is 15.9 Å². The van der Waals surface area contributed by atoms with E-state index in [4.69, 9.17) is 5.26 Å². The predicted octanol–water partition coefficient (Wildman–Crippen LogP) is 2.14. The van der Waals surface area contributed by atoms with Crippen molar-refractivity contribution < 1.29 is 0 Å². The largest absolute Gasteiger partial charge is 0.232 e. The monoisotopic (exact) mass is 213 g/mol. The Morgan fingerprint density at radius 3 is 2.18 bits per heavy atom. The van der Waals surface area contributed by atoms with Gasteiger partial charge in [-0.2, -0.15) is 5.26 Å². The molecule has 0 bridgehead atoms. The molecule has 3 nitrogen and oxygen atoms in total. The van der Waals surface area contributed by atoms with Crippen LogP contribution in [0.15, 0.2) is 16.9 Å². The van der Waals surface area contributed by atoms with Crippen LogP contribution in [0.1, 0.15) is 19.7 Å². The van der Waals surface area contributed by atoms with E-state index in [1.54, 1.807) is 0 Å². The second-order valence-corrected chi connectivity index (χ2v) is 2.25. The van der Waals surface area contributed by atoms with Crippen molar-refractivity contribution in [3.05, 3.63) is 22.7 Å². The van der Waals surface area contributed by atoms with Gasteiger partial charge in [0.25, 0.3) is 0 Å². The third kappa shape index (κ3) is 3.68. The Hall–Kier alpha value is -0.950. The van der Waals surface area contributed by atoms with Gasteiger partial charge in [0.05, 0.1) is 4.47 Å². The van der Waals surface area contributed by atoms with Gasteiger partial charge >= 0.3 is 0 Å². The number of rotatable bonds is 0. The SMILES string of the molecule is CC.N#Cc1ncc(Br)cn1. The molecule has 58 valence electrons. The van der Waals surface area contributed by atoms with Crippen molar-refractivity contribution in [1.82, 2.24) is 9.97 Å². The van der Waals surface area contributed by atoms with Crippen molar-refractivity contribution in [2.24, 2.45) is 0 Å². The van der Waals surface area contributed by atoms with Crippen LogP contribution in [0.4, 0.5) is 0 Å². The molecule has 11 heavy (non-hydrogen) atoms. The number of hydrogen-bond acceptors (Lipinski definition) is 3. The van der Waals surface area contributed by atoms with Crippen LogP contribution in [0.3, 0.4) is 0 Å². The highest BCUT2D eigenvalue weighted by Gasteiger charge is 1.89. The van der Waals surface area contributed by atoms with E-state index in [2.05, 4.69) is 25.9 Å². The van der Waals surface area contributed by atoms with Gasteiger partial charge in [-0.3, -0.25) is 0 Å². The summed E-state index contributed by atoms with van der Waals surface area (Å²) in [5, 5.41) is 8.24. The Labute approximate surface area is 74.2 Å². The maximum Gasteiger partial charge on any atom is 0.232 e. The lowest BCUT2D eigenvalue weighted by molar-refractivity contribution is 1.10. The van der Waals surface area contributed by atoms with Gasteiger partial charge in [0.15, 0.2) is 0 Å². The van der Waals surface area contributed by atoms with E-state index in [0.717, 1.165) is 4.47 Å². The minimum atomic E-state index is 0.193. The standard InChI is InChI=1S/C5H2BrN3.C2H6/c6-4-2-8-5(1-7)9-3-4;1-2/h2-3H;1-2H3. The van der Waals surface area contributed by atoms with Gasteiger partial charge in [0.2, 0.25) is 5.82 Å². The molecular weight excluding hydrogens is 206 g/mol. The van der Waals surface area contributed by atoms with Gasteiger partial charge in [-0.05, 0) is 15.9 Å². The van der Waals surface area contributed by atoms with E-state index in [1.165, 1.54) is 12.4 Å². The first-order chi connectivity index (χ1) is 5.33. The summed E-state index contributed by atoms with van der Waals surface area (Å²) in [5.41, 5.74) is 0. The van der Waals surface area contributed by atoms with Crippen LogP contribution in [0.5, 0.6) is 0 Å². The first-order valence-electron chi connectivity index (χ1n) is 3.20. The molecule has 1 aromatic rings. The fourth-order valence-electron chi connectivity index (χ4n) is 0.370.